The van der Waals surface area contributed by atoms with Crippen LogP contribution in [-0.4, -0.2) is 36.2 Å². The molecule has 1 atom stereocenters. The van der Waals surface area contributed by atoms with Crippen LogP contribution in [-0.2, 0) is 11.3 Å². The molecule has 9 heteroatoms. The molecule has 1 saturated heterocycles. The number of carbonyl (C=O) groups is 1. The predicted octanol–water partition coefficient (Wildman–Crippen LogP) is 4.55. The second-order valence-corrected chi connectivity index (χ2v) is 10.3. The van der Waals surface area contributed by atoms with Gasteiger partial charge in [-0.15, -0.1) is 0 Å². The quantitative estimate of drug-likeness (QED) is 0.269. The maximum absolute atomic E-state index is 13.6. The number of aryl methyl sites for hydroxylation is 1. The van der Waals surface area contributed by atoms with Crippen LogP contribution in [0.25, 0.3) is 11.7 Å². The normalized spacial score (nSPS) is 15.5. The average Bonchev–Trinajstić information content (AvgIpc) is 3.18. The summed E-state index contributed by atoms with van der Waals surface area (Å²) in [5, 5.41) is 13.8. The molecule has 2 aromatic carbocycles. The lowest BCUT2D eigenvalue weighted by atomic mass is 10.1. The second kappa shape index (κ2) is 10.7. The number of hydrogen-bond acceptors (Lipinski definition) is 7. The highest BCUT2D eigenvalue weighted by atomic mass is 32.2. The number of carbonyl (C=O) groups excluding carboxylic acids is 1. The smallest absolute Gasteiger partial charge is 0.267 e. The lowest BCUT2D eigenvalue weighted by molar-refractivity contribution is -0.122. The minimum Gasteiger partial charge on any atom is -0.387 e. The molecule has 0 saturated carbocycles. The molecule has 0 radical (unpaired) electrons. The van der Waals surface area contributed by atoms with E-state index in [0.717, 1.165) is 28.5 Å². The zero-order valence-electron chi connectivity index (χ0n) is 20.0. The van der Waals surface area contributed by atoms with Crippen LogP contribution in [0.4, 0.5) is 5.82 Å². The molecular weight excluding hydrogens is 504 g/mol. The summed E-state index contributed by atoms with van der Waals surface area (Å²) in [5.74, 6) is 0.0328. The van der Waals surface area contributed by atoms with Crippen LogP contribution in [0, 0.1) is 6.92 Å². The first-order chi connectivity index (χ1) is 17.9. The van der Waals surface area contributed by atoms with E-state index in [-0.39, 0.29) is 23.6 Å². The Balaban J connectivity index is 1.51. The molecule has 1 amide bonds. The van der Waals surface area contributed by atoms with Crippen molar-refractivity contribution in [3.63, 3.8) is 0 Å². The van der Waals surface area contributed by atoms with Crippen LogP contribution in [0.3, 0.4) is 0 Å². The summed E-state index contributed by atoms with van der Waals surface area (Å²) in [4.78, 5) is 33.4. The van der Waals surface area contributed by atoms with E-state index >= 15 is 0 Å². The predicted molar refractivity (Wildman–Crippen MR) is 151 cm³/mol. The number of pyridine rings is 1. The molecule has 1 aliphatic rings. The molecule has 2 aromatic heterocycles. The van der Waals surface area contributed by atoms with Gasteiger partial charge in [0.15, 0.2) is 0 Å². The van der Waals surface area contributed by atoms with E-state index in [1.54, 1.807) is 18.3 Å². The highest BCUT2D eigenvalue weighted by molar-refractivity contribution is 8.26. The van der Waals surface area contributed by atoms with Crippen molar-refractivity contribution in [2.75, 3.05) is 11.9 Å². The maximum Gasteiger partial charge on any atom is 0.267 e. The molecule has 0 aliphatic carbocycles. The fourth-order valence-electron chi connectivity index (χ4n) is 4.10. The summed E-state index contributed by atoms with van der Waals surface area (Å²) < 4.78 is 1.89. The van der Waals surface area contributed by atoms with E-state index < -0.39 is 6.10 Å². The van der Waals surface area contributed by atoms with Crippen LogP contribution >= 0.6 is 24.0 Å². The van der Waals surface area contributed by atoms with E-state index in [2.05, 4.69) is 5.32 Å². The van der Waals surface area contributed by atoms with Gasteiger partial charge < -0.3 is 10.4 Å². The number of fused-ring (bicyclic) bond motifs is 1. The van der Waals surface area contributed by atoms with Gasteiger partial charge in [-0.1, -0.05) is 90.7 Å². The Morgan fingerprint density at radius 1 is 1.05 bits per heavy atom. The third-order valence-corrected chi connectivity index (χ3v) is 7.44. The van der Waals surface area contributed by atoms with Crippen molar-refractivity contribution >= 4 is 51.7 Å². The average molecular weight is 529 g/mol. The van der Waals surface area contributed by atoms with Crippen molar-refractivity contribution in [1.29, 1.82) is 0 Å². The van der Waals surface area contributed by atoms with Crippen LogP contribution in [0.5, 0.6) is 0 Å². The van der Waals surface area contributed by atoms with Crippen LogP contribution in [0.15, 0.2) is 88.7 Å². The number of rotatable bonds is 7. The van der Waals surface area contributed by atoms with Crippen molar-refractivity contribution in [2.24, 2.45) is 0 Å². The number of amides is 1. The fraction of sp³-hybridized carbons (Fsp3) is 0.143. The molecule has 1 fully saturated rings. The minimum atomic E-state index is -0.810. The zero-order chi connectivity index (χ0) is 25.9. The number of nitrogens with zero attached hydrogens (tertiary/aromatic N) is 3. The summed E-state index contributed by atoms with van der Waals surface area (Å²) in [6, 6.07) is 22.5. The van der Waals surface area contributed by atoms with E-state index in [0.29, 0.717) is 27.2 Å². The number of anilines is 1. The molecule has 1 aliphatic heterocycles. The Morgan fingerprint density at radius 2 is 1.76 bits per heavy atom. The number of nitrogens with one attached hydrogen (secondary N) is 1. The first kappa shape index (κ1) is 24.9. The van der Waals surface area contributed by atoms with Gasteiger partial charge in [-0.2, -0.15) is 0 Å². The van der Waals surface area contributed by atoms with Gasteiger partial charge in [0.25, 0.3) is 11.5 Å². The third-order valence-electron chi connectivity index (χ3n) is 6.06. The van der Waals surface area contributed by atoms with E-state index in [4.69, 9.17) is 17.2 Å². The van der Waals surface area contributed by atoms with Crippen molar-refractivity contribution in [2.45, 2.75) is 19.6 Å². The first-order valence-corrected chi connectivity index (χ1v) is 12.9. The molecule has 2 N–H and O–H groups in total. The number of aromatic nitrogens is 2. The SMILES string of the molecule is Cc1cccn2c(=O)c(/C=C3/SC(=S)N(Cc4ccccc4)C3=O)c(NCC(O)c3ccccc3)nc12. The second-order valence-electron chi connectivity index (χ2n) is 8.62. The van der Waals surface area contributed by atoms with Gasteiger partial charge in [0.05, 0.1) is 23.1 Å². The molecule has 186 valence electrons. The van der Waals surface area contributed by atoms with Crippen molar-refractivity contribution in [1.82, 2.24) is 14.3 Å². The Kier molecular flexibility index (Phi) is 7.18. The summed E-state index contributed by atoms with van der Waals surface area (Å²) in [5.41, 5.74) is 2.93. The molecule has 0 spiro atoms. The molecule has 4 aromatic rings. The summed E-state index contributed by atoms with van der Waals surface area (Å²) in [6.45, 7) is 2.36. The minimum absolute atomic E-state index is 0.133. The Labute approximate surface area is 223 Å². The Bertz CT molecular complexity index is 1570. The van der Waals surface area contributed by atoms with E-state index in [9.17, 15) is 14.7 Å². The van der Waals surface area contributed by atoms with Gasteiger partial charge in [-0.05, 0) is 35.8 Å². The van der Waals surface area contributed by atoms with Crippen molar-refractivity contribution in [3.8, 4) is 0 Å². The topological polar surface area (TPSA) is 86.9 Å². The summed E-state index contributed by atoms with van der Waals surface area (Å²) in [7, 11) is 0. The number of benzene rings is 2. The molecule has 0 bridgehead atoms. The molecule has 1 unspecified atom stereocenters. The third kappa shape index (κ3) is 5.20. The lowest BCUT2D eigenvalue weighted by Crippen LogP contribution is -2.27. The number of aliphatic hydroxyl groups excluding tert-OH is 1. The number of thiocarbonyl (C=S) groups is 1. The molecular formula is C28H24N4O3S2. The fourth-order valence-corrected chi connectivity index (χ4v) is 5.33. The summed E-state index contributed by atoms with van der Waals surface area (Å²) >= 11 is 6.65. The van der Waals surface area contributed by atoms with Crippen molar-refractivity contribution in [3.05, 3.63) is 117 Å². The largest absolute Gasteiger partial charge is 0.387 e. The molecule has 5 rings (SSSR count). The van der Waals surface area contributed by atoms with Gasteiger partial charge in [0.2, 0.25) is 0 Å². The molecule has 37 heavy (non-hydrogen) atoms. The molecule has 3 heterocycles. The van der Waals surface area contributed by atoms with Gasteiger partial charge >= 0.3 is 0 Å². The van der Waals surface area contributed by atoms with Gasteiger partial charge in [-0.25, -0.2) is 4.98 Å². The van der Waals surface area contributed by atoms with Crippen LogP contribution in [0.2, 0.25) is 0 Å². The van der Waals surface area contributed by atoms with Crippen molar-refractivity contribution < 1.29 is 9.90 Å². The van der Waals surface area contributed by atoms with Gasteiger partial charge in [0.1, 0.15) is 15.8 Å². The number of thioether (sulfide) groups is 1. The standard InChI is InChI=1S/C28H24N4O3S2/c1-18-9-8-14-31-25(18)30-24(29-16-22(33)20-12-6-3-7-13-20)21(26(31)34)15-23-27(35)32(28(36)37-23)17-19-10-4-2-5-11-19/h2-15,22,29,33H,16-17H2,1H3/b23-15+. The molecule has 7 nitrogen and oxygen atoms in total. The maximum atomic E-state index is 13.6. The Hall–Kier alpha value is -3.79. The van der Waals surface area contributed by atoms with E-state index in [1.807, 2.05) is 73.7 Å². The zero-order valence-corrected chi connectivity index (χ0v) is 21.6. The number of aliphatic hydroxyl groups is 1. The number of hydrogen-bond donors (Lipinski definition) is 2. The highest BCUT2D eigenvalue weighted by Crippen LogP contribution is 2.34. The van der Waals surface area contributed by atoms with Gasteiger partial charge in [-0.3, -0.25) is 18.9 Å². The first-order valence-electron chi connectivity index (χ1n) is 11.7. The monoisotopic (exact) mass is 528 g/mol. The van der Waals surface area contributed by atoms with E-state index in [1.165, 1.54) is 9.30 Å². The lowest BCUT2D eigenvalue weighted by Gasteiger charge is -2.16. The van der Waals surface area contributed by atoms with Gasteiger partial charge in [0, 0.05) is 12.7 Å². The van der Waals surface area contributed by atoms with Crippen LogP contribution in [0.1, 0.15) is 28.4 Å². The summed E-state index contributed by atoms with van der Waals surface area (Å²) in [6.07, 6.45) is 2.39. The highest BCUT2D eigenvalue weighted by Gasteiger charge is 2.32. The Morgan fingerprint density at radius 3 is 2.49 bits per heavy atom. The van der Waals surface area contributed by atoms with Crippen LogP contribution < -0.4 is 10.9 Å².